The Labute approximate surface area is 157 Å². The number of hydrogen-bond acceptors (Lipinski definition) is 5. The first-order chi connectivity index (χ1) is 11.4. The molecule has 0 radical (unpaired) electrons. The molecule has 0 saturated carbocycles. The van der Waals surface area contributed by atoms with Gasteiger partial charge in [-0.15, -0.1) is 12.4 Å². The SMILES string of the molecule is CCC[C@@H](CN[C@@H](CC)C(=O)N[C@@H](CC)C(N)=O)CC(=O)OCC.Cl. The topological polar surface area (TPSA) is 111 Å². The summed E-state index contributed by atoms with van der Waals surface area (Å²) in [7, 11) is 0. The number of carbonyl (C=O) groups excluding carboxylic acids is 3. The Hall–Kier alpha value is -1.34. The Kier molecular flexibility index (Phi) is 15.5. The number of rotatable bonds is 13. The molecule has 0 aromatic heterocycles. The number of carbonyl (C=O) groups is 3. The molecule has 3 atom stereocenters. The van der Waals surface area contributed by atoms with E-state index in [1.807, 2.05) is 6.92 Å². The van der Waals surface area contributed by atoms with Gasteiger partial charge >= 0.3 is 5.97 Å². The van der Waals surface area contributed by atoms with Crippen molar-refractivity contribution in [3.63, 3.8) is 0 Å². The first kappa shape index (κ1) is 25.9. The average Bonchev–Trinajstić information content (AvgIpc) is 2.53. The summed E-state index contributed by atoms with van der Waals surface area (Å²) < 4.78 is 5.00. The normalized spacial score (nSPS) is 13.9. The zero-order valence-corrected chi connectivity index (χ0v) is 16.6. The monoisotopic (exact) mass is 379 g/mol. The van der Waals surface area contributed by atoms with Crippen molar-refractivity contribution in [3.8, 4) is 0 Å². The fraction of sp³-hybridized carbons (Fsp3) is 0.824. The molecule has 0 aliphatic heterocycles. The van der Waals surface area contributed by atoms with Crippen LogP contribution in [0, 0.1) is 5.92 Å². The fourth-order valence-electron chi connectivity index (χ4n) is 2.52. The van der Waals surface area contributed by atoms with Crippen molar-refractivity contribution in [2.75, 3.05) is 13.2 Å². The van der Waals surface area contributed by atoms with Crippen LogP contribution in [0.3, 0.4) is 0 Å². The molecule has 148 valence electrons. The van der Waals surface area contributed by atoms with Crippen molar-refractivity contribution in [1.29, 1.82) is 0 Å². The number of ether oxygens (including phenoxy) is 1. The molecule has 0 aliphatic carbocycles. The van der Waals surface area contributed by atoms with Crippen molar-refractivity contribution in [1.82, 2.24) is 10.6 Å². The van der Waals surface area contributed by atoms with Crippen LogP contribution in [0.25, 0.3) is 0 Å². The highest BCUT2D eigenvalue weighted by Gasteiger charge is 2.23. The molecule has 0 unspecified atom stereocenters. The predicted molar refractivity (Wildman–Crippen MR) is 100 cm³/mol. The van der Waals surface area contributed by atoms with Crippen molar-refractivity contribution >= 4 is 30.2 Å². The summed E-state index contributed by atoms with van der Waals surface area (Å²) in [5.74, 6) is -0.870. The van der Waals surface area contributed by atoms with E-state index in [1.165, 1.54) is 0 Å². The Morgan fingerprint density at radius 3 is 2.08 bits per heavy atom. The third-order valence-corrected chi connectivity index (χ3v) is 3.90. The van der Waals surface area contributed by atoms with Crippen LogP contribution in [0.2, 0.25) is 0 Å². The van der Waals surface area contributed by atoms with Gasteiger partial charge in [-0.1, -0.05) is 27.2 Å². The fourth-order valence-corrected chi connectivity index (χ4v) is 2.52. The number of hydrogen-bond donors (Lipinski definition) is 3. The van der Waals surface area contributed by atoms with Crippen LogP contribution < -0.4 is 16.4 Å². The smallest absolute Gasteiger partial charge is 0.306 e. The lowest BCUT2D eigenvalue weighted by molar-refractivity contribution is -0.144. The molecule has 0 spiro atoms. The van der Waals surface area contributed by atoms with Gasteiger partial charge in [0.1, 0.15) is 6.04 Å². The number of esters is 1. The molecule has 2 amide bonds. The summed E-state index contributed by atoms with van der Waals surface area (Å²) in [6.07, 6.45) is 3.21. The quantitative estimate of drug-likeness (QED) is 0.420. The molecule has 0 rings (SSSR count). The lowest BCUT2D eigenvalue weighted by Crippen LogP contribution is -2.52. The summed E-state index contributed by atoms with van der Waals surface area (Å²) in [5.41, 5.74) is 5.26. The highest BCUT2D eigenvalue weighted by atomic mass is 35.5. The van der Waals surface area contributed by atoms with Crippen LogP contribution in [0.4, 0.5) is 0 Å². The number of halogens is 1. The maximum Gasteiger partial charge on any atom is 0.306 e. The van der Waals surface area contributed by atoms with Gasteiger partial charge in [0.2, 0.25) is 11.8 Å². The molecule has 0 saturated heterocycles. The highest BCUT2D eigenvalue weighted by Crippen LogP contribution is 2.12. The van der Waals surface area contributed by atoms with E-state index < -0.39 is 18.0 Å². The number of primary amides is 1. The second-order valence-electron chi connectivity index (χ2n) is 5.90. The van der Waals surface area contributed by atoms with Gasteiger partial charge in [0.05, 0.1) is 12.6 Å². The Morgan fingerprint density at radius 1 is 1.04 bits per heavy atom. The molecular formula is C17H34ClN3O4. The Bertz CT molecular complexity index is 407. The minimum Gasteiger partial charge on any atom is -0.466 e. The van der Waals surface area contributed by atoms with Gasteiger partial charge in [0, 0.05) is 6.42 Å². The van der Waals surface area contributed by atoms with Gasteiger partial charge < -0.3 is 21.1 Å². The molecule has 0 aromatic rings. The minimum atomic E-state index is -0.653. The predicted octanol–water partition coefficient (Wildman–Crippen LogP) is 1.53. The summed E-state index contributed by atoms with van der Waals surface area (Å²) in [6.45, 7) is 8.44. The lowest BCUT2D eigenvalue weighted by Gasteiger charge is -2.23. The zero-order chi connectivity index (χ0) is 18.5. The van der Waals surface area contributed by atoms with Crippen LogP contribution in [0.1, 0.15) is 59.8 Å². The third-order valence-electron chi connectivity index (χ3n) is 3.90. The minimum absolute atomic E-state index is 0. The van der Waals surface area contributed by atoms with E-state index in [0.29, 0.717) is 32.4 Å². The van der Waals surface area contributed by atoms with Gasteiger partial charge in [-0.2, -0.15) is 0 Å². The average molecular weight is 380 g/mol. The van der Waals surface area contributed by atoms with E-state index in [0.717, 1.165) is 12.8 Å². The third kappa shape index (κ3) is 11.0. The van der Waals surface area contributed by atoms with Crippen LogP contribution in [0.15, 0.2) is 0 Å². The van der Waals surface area contributed by atoms with Crippen molar-refractivity contribution in [2.24, 2.45) is 11.7 Å². The summed E-state index contributed by atoms with van der Waals surface area (Å²) in [5, 5.41) is 5.86. The van der Waals surface area contributed by atoms with E-state index in [4.69, 9.17) is 10.5 Å². The van der Waals surface area contributed by atoms with Gasteiger partial charge in [0.25, 0.3) is 0 Å². The molecule has 0 bridgehead atoms. The summed E-state index contributed by atoms with van der Waals surface area (Å²) in [6, 6.07) is -1.07. The number of amides is 2. The number of nitrogens with one attached hydrogen (secondary N) is 2. The molecular weight excluding hydrogens is 346 g/mol. The summed E-state index contributed by atoms with van der Waals surface area (Å²) in [4.78, 5) is 35.2. The largest absolute Gasteiger partial charge is 0.466 e. The standard InChI is InChI=1S/C17H33N3O4.ClH/c1-5-9-12(10-15(21)24-8-4)11-19-14(7-3)17(23)20-13(6-2)16(18)22;/h12-14,19H,5-11H2,1-4H3,(H2,18,22)(H,20,23);1H/t12-,13+,14+;/m1./s1. The van der Waals surface area contributed by atoms with Gasteiger partial charge in [-0.05, 0) is 38.6 Å². The maximum absolute atomic E-state index is 12.3. The second-order valence-corrected chi connectivity index (χ2v) is 5.90. The van der Waals surface area contributed by atoms with Crippen molar-refractivity contribution < 1.29 is 19.1 Å². The molecule has 0 heterocycles. The van der Waals surface area contributed by atoms with Crippen LogP contribution >= 0.6 is 12.4 Å². The zero-order valence-electron chi connectivity index (χ0n) is 15.8. The van der Waals surface area contributed by atoms with E-state index in [9.17, 15) is 14.4 Å². The molecule has 7 nitrogen and oxygen atoms in total. The van der Waals surface area contributed by atoms with E-state index in [1.54, 1.807) is 13.8 Å². The summed E-state index contributed by atoms with van der Waals surface area (Å²) >= 11 is 0. The van der Waals surface area contributed by atoms with E-state index >= 15 is 0 Å². The van der Waals surface area contributed by atoms with Gasteiger partial charge in [-0.3, -0.25) is 14.4 Å². The van der Waals surface area contributed by atoms with Crippen molar-refractivity contribution in [3.05, 3.63) is 0 Å². The highest BCUT2D eigenvalue weighted by molar-refractivity contribution is 5.88. The first-order valence-electron chi connectivity index (χ1n) is 8.88. The van der Waals surface area contributed by atoms with E-state index in [2.05, 4.69) is 17.6 Å². The second kappa shape index (κ2) is 15.0. The molecule has 0 aromatic carbocycles. The van der Waals surface area contributed by atoms with Gasteiger partial charge in [0.15, 0.2) is 0 Å². The Balaban J connectivity index is 0. The van der Waals surface area contributed by atoms with Crippen LogP contribution in [-0.4, -0.2) is 43.0 Å². The first-order valence-corrected chi connectivity index (χ1v) is 8.88. The van der Waals surface area contributed by atoms with Crippen molar-refractivity contribution in [2.45, 2.75) is 71.9 Å². The van der Waals surface area contributed by atoms with Crippen LogP contribution in [0.5, 0.6) is 0 Å². The van der Waals surface area contributed by atoms with E-state index in [-0.39, 0.29) is 30.2 Å². The van der Waals surface area contributed by atoms with Gasteiger partial charge in [-0.25, -0.2) is 0 Å². The molecule has 0 fully saturated rings. The molecule has 8 heteroatoms. The lowest BCUT2D eigenvalue weighted by atomic mass is 9.99. The Morgan fingerprint density at radius 2 is 1.64 bits per heavy atom. The maximum atomic E-state index is 12.3. The molecule has 25 heavy (non-hydrogen) atoms. The van der Waals surface area contributed by atoms with Crippen LogP contribution in [-0.2, 0) is 19.1 Å². The molecule has 4 N–H and O–H groups in total. The number of nitrogens with two attached hydrogens (primary N) is 1. The molecule has 0 aliphatic rings.